The van der Waals surface area contributed by atoms with Crippen LogP contribution in [0.3, 0.4) is 0 Å². The SMILES string of the molecule is CN(CCO)c1ccccc1P(c1ccccc1)c1ccccc1. The van der Waals surface area contributed by atoms with Gasteiger partial charge in [0.15, 0.2) is 0 Å². The van der Waals surface area contributed by atoms with Gasteiger partial charge in [-0.2, -0.15) is 0 Å². The Morgan fingerprint density at radius 1 is 0.750 bits per heavy atom. The van der Waals surface area contributed by atoms with Crippen molar-refractivity contribution in [2.24, 2.45) is 0 Å². The number of para-hydroxylation sites is 1. The molecule has 0 saturated carbocycles. The van der Waals surface area contributed by atoms with Crippen molar-refractivity contribution in [1.82, 2.24) is 0 Å². The highest BCUT2D eigenvalue weighted by atomic mass is 31.1. The van der Waals surface area contributed by atoms with Gasteiger partial charge in [0.1, 0.15) is 0 Å². The Hall–Kier alpha value is -2.15. The Labute approximate surface area is 145 Å². The number of nitrogens with zero attached hydrogens (tertiary/aromatic N) is 1. The first kappa shape index (κ1) is 16.7. The molecule has 3 aromatic rings. The predicted octanol–water partition coefficient (Wildman–Crippen LogP) is 2.87. The zero-order valence-electron chi connectivity index (χ0n) is 13.8. The Bertz CT molecular complexity index is 722. The van der Waals surface area contributed by atoms with Crippen LogP contribution in [0, 0.1) is 0 Å². The van der Waals surface area contributed by atoms with Crippen molar-refractivity contribution >= 4 is 29.5 Å². The normalized spacial score (nSPS) is 10.8. The van der Waals surface area contributed by atoms with E-state index in [0.29, 0.717) is 6.54 Å². The fraction of sp³-hybridized carbons (Fsp3) is 0.143. The van der Waals surface area contributed by atoms with Crippen LogP contribution in [-0.4, -0.2) is 25.3 Å². The molecule has 0 aliphatic carbocycles. The lowest BCUT2D eigenvalue weighted by molar-refractivity contribution is 0.304. The fourth-order valence-electron chi connectivity index (χ4n) is 2.83. The summed E-state index contributed by atoms with van der Waals surface area (Å²) < 4.78 is 0. The average molecular weight is 335 g/mol. The second-order valence-electron chi connectivity index (χ2n) is 5.64. The smallest absolute Gasteiger partial charge is 0.0606 e. The van der Waals surface area contributed by atoms with E-state index in [0.717, 1.165) is 0 Å². The Morgan fingerprint density at radius 3 is 1.79 bits per heavy atom. The number of hydrogen-bond acceptors (Lipinski definition) is 2. The maximum Gasteiger partial charge on any atom is 0.0606 e. The fourth-order valence-corrected chi connectivity index (χ4v) is 5.33. The number of aliphatic hydroxyl groups excluding tert-OH is 1. The van der Waals surface area contributed by atoms with E-state index in [1.807, 2.05) is 7.05 Å². The summed E-state index contributed by atoms with van der Waals surface area (Å²) in [5.41, 5.74) is 1.19. The van der Waals surface area contributed by atoms with Gasteiger partial charge in [0.25, 0.3) is 0 Å². The minimum atomic E-state index is -0.633. The molecular formula is C21H22NOP. The van der Waals surface area contributed by atoms with Crippen LogP contribution in [0.15, 0.2) is 84.9 Å². The van der Waals surface area contributed by atoms with Crippen LogP contribution in [-0.2, 0) is 0 Å². The second kappa shape index (κ2) is 8.10. The third-order valence-electron chi connectivity index (χ3n) is 4.00. The van der Waals surface area contributed by atoms with Gasteiger partial charge in [-0.3, -0.25) is 0 Å². The summed E-state index contributed by atoms with van der Waals surface area (Å²) in [6.45, 7) is 0.781. The molecule has 3 aromatic carbocycles. The standard InChI is InChI=1S/C21H22NOP/c1-22(16-17-23)20-14-8-9-15-21(20)24(18-10-4-2-5-11-18)19-12-6-3-7-13-19/h2-15,23H,16-17H2,1H3. The summed E-state index contributed by atoms with van der Waals surface area (Å²) in [4.78, 5) is 2.14. The van der Waals surface area contributed by atoms with Crippen LogP contribution in [0.5, 0.6) is 0 Å². The molecule has 0 unspecified atom stereocenters. The first-order chi connectivity index (χ1) is 11.8. The van der Waals surface area contributed by atoms with Crippen molar-refractivity contribution in [1.29, 1.82) is 0 Å². The quantitative estimate of drug-likeness (QED) is 0.700. The van der Waals surface area contributed by atoms with Gasteiger partial charge in [-0.05, 0) is 24.6 Å². The van der Waals surface area contributed by atoms with E-state index >= 15 is 0 Å². The van der Waals surface area contributed by atoms with Gasteiger partial charge in [0.05, 0.1) is 6.61 Å². The number of anilines is 1. The molecule has 0 heterocycles. The summed E-state index contributed by atoms with van der Waals surface area (Å²) in [7, 11) is 1.41. The summed E-state index contributed by atoms with van der Waals surface area (Å²) in [5, 5.41) is 13.3. The highest BCUT2D eigenvalue weighted by molar-refractivity contribution is 7.80. The minimum absolute atomic E-state index is 0.152. The van der Waals surface area contributed by atoms with Gasteiger partial charge >= 0.3 is 0 Å². The van der Waals surface area contributed by atoms with E-state index < -0.39 is 7.92 Å². The van der Waals surface area contributed by atoms with Crippen LogP contribution in [0.2, 0.25) is 0 Å². The molecule has 122 valence electrons. The Morgan fingerprint density at radius 2 is 1.25 bits per heavy atom. The summed E-state index contributed by atoms with van der Waals surface area (Å²) >= 11 is 0. The Balaban J connectivity index is 2.14. The third kappa shape index (κ3) is 3.67. The van der Waals surface area contributed by atoms with Crippen LogP contribution in [0.25, 0.3) is 0 Å². The van der Waals surface area contributed by atoms with Gasteiger partial charge in [-0.1, -0.05) is 78.9 Å². The van der Waals surface area contributed by atoms with Crippen LogP contribution in [0.4, 0.5) is 5.69 Å². The van der Waals surface area contributed by atoms with Crippen LogP contribution >= 0.6 is 7.92 Å². The van der Waals surface area contributed by atoms with Crippen molar-refractivity contribution in [2.75, 3.05) is 25.1 Å². The molecule has 3 rings (SSSR count). The molecule has 0 bridgehead atoms. The molecule has 0 atom stereocenters. The lowest BCUT2D eigenvalue weighted by Crippen LogP contribution is -2.29. The monoisotopic (exact) mass is 335 g/mol. The molecule has 0 radical (unpaired) electrons. The Kier molecular flexibility index (Phi) is 5.63. The first-order valence-electron chi connectivity index (χ1n) is 8.12. The van der Waals surface area contributed by atoms with Gasteiger partial charge in [0.2, 0.25) is 0 Å². The maximum absolute atomic E-state index is 9.33. The molecule has 0 fully saturated rings. The molecule has 2 nitrogen and oxygen atoms in total. The van der Waals surface area contributed by atoms with Gasteiger partial charge in [0, 0.05) is 24.6 Å². The molecular weight excluding hydrogens is 313 g/mol. The van der Waals surface area contributed by atoms with Gasteiger partial charge in [-0.15, -0.1) is 0 Å². The maximum atomic E-state index is 9.33. The molecule has 0 aliphatic rings. The molecule has 1 N–H and O–H groups in total. The van der Waals surface area contributed by atoms with Gasteiger partial charge in [-0.25, -0.2) is 0 Å². The highest BCUT2D eigenvalue weighted by Crippen LogP contribution is 2.36. The largest absolute Gasteiger partial charge is 0.395 e. The average Bonchev–Trinajstić information content (AvgIpc) is 2.64. The number of aliphatic hydroxyl groups is 1. The van der Waals surface area contributed by atoms with Crippen molar-refractivity contribution in [3.05, 3.63) is 84.9 Å². The lowest BCUT2D eigenvalue weighted by Gasteiger charge is -2.27. The number of rotatable bonds is 6. The molecule has 0 aliphatic heterocycles. The summed E-state index contributed by atoms with van der Waals surface area (Å²) in [5.74, 6) is 0. The molecule has 0 saturated heterocycles. The zero-order valence-corrected chi connectivity index (χ0v) is 14.7. The lowest BCUT2D eigenvalue weighted by atomic mass is 10.3. The predicted molar refractivity (Wildman–Crippen MR) is 106 cm³/mol. The van der Waals surface area contributed by atoms with Crippen molar-refractivity contribution < 1.29 is 5.11 Å². The molecule has 3 heteroatoms. The minimum Gasteiger partial charge on any atom is -0.395 e. The van der Waals surface area contributed by atoms with Crippen LogP contribution in [0.1, 0.15) is 0 Å². The first-order valence-corrected chi connectivity index (χ1v) is 9.46. The summed E-state index contributed by atoms with van der Waals surface area (Å²) in [6.07, 6.45) is 0. The van der Waals surface area contributed by atoms with E-state index in [4.69, 9.17) is 0 Å². The zero-order chi connectivity index (χ0) is 16.8. The highest BCUT2D eigenvalue weighted by Gasteiger charge is 2.20. The summed E-state index contributed by atoms with van der Waals surface area (Å²) in [6, 6.07) is 29.9. The molecule has 0 spiro atoms. The van der Waals surface area contributed by atoms with Crippen LogP contribution < -0.4 is 20.8 Å². The van der Waals surface area contributed by atoms with E-state index in [1.165, 1.54) is 21.6 Å². The topological polar surface area (TPSA) is 23.5 Å². The molecule has 0 amide bonds. The number of hydrogen-bond donors (Lipinski definition) is 1. The van der Waals surface area contributed by atoms with E-state index in [2.05, 4.69) is 89.8 Å². The third-order valence-corrected chi connectivity index (χ3v) is 6.49. The van der Waals surface area contributed by atoms with Crippen molar-refractivity contribution in [3.63, 3.8) is 0 Å². The van der Waals surface area contributed by atoms with E-state index in [9.17, 15) is 5.11 Å². The van der Waals surface area contributed by atoms with E-state index in [1.54, 1.807) is 0 Å². The van der Waals surface area contributed by atoms with Crippen molar-refractivity contribution in [2.45, 2.75) is 0 Å². The number of benzene rings is 3. The van der Waals surface area contributed by atoms with Crippen molar-refractivity contribution in [3.8, 4) is 0 Å². The van der Waals surface area contributed by atoms with E-state index in [-0.39, 0.29) is 6.61 Å². The second-order valence-corrected chi connectivity index (χ2v) is 7.83. The van der Waals surface area contributed by atoms with Gasteiger partial charge < -0.3 is 10.0 Å². The molecule has 24 heavy (non-hydrogen) atoms. The number of likely N-dealkylation sites (N-methyl/N-ethyl adjacent to an activating group) is 1. The molecule has 0 aromatic heterocycles.